The molecule has 1 saturated heterocycles. The molecule has 39 heavy (non-hydrogen) atoms. The third kappa shape index (κ3) is 3.47. The molecule has 4 aliphatic rings. The maximum Gasteiger partial charge on any atom is 0.416 e. The SMILES string of the molecule is CC[C@H]1C[C@@H](N(C)C(=O)C#Cc2ccc(C(F)(F)F)cc2)[C@@H]2Oc3c(O)ccc4c3[C@@]23CCN(C)[C@H](C4)[C@]13O. The lowest BCUT2D eigenvalue weighted by Crippen LogP contribution is -2.80. The minimum absolute atomic E-state index is 0.0279. The third-order valence-electron chi connectivity index (χ3n) is 9.76. The average molecular weight is 541 g/mol. The molecule has 2 N–H and O–H groups in total. The van der Waals surface area contributed by atoms with E-state index in [0.29, 0.717) is 37.0 Å². The summed E-state index contributed by atoms with van der Waals surface area (Å²) in [6, 6.07) is 7.39. The van der Waals surface area contributed by atoms with E-state index >= 15 is 0 Å². The molecule has 0 aromatic heterocycles. The molecule has 9 heteroatoms. The number of hydrogen-bond donors (Lipinski definition) is 2. The predicted molar refractivity (Wildman–Crippen MR) is 137 cm³/mol. The van der Waals surface area contributed by atoms with E-state index in [1.807, 2.05) is 20.0 Å². The number of benzene rings is 2. The standard InChI is InChI=1S/C30H31F3N2O4/c1-4-19-16-21(35(3)24(37)12-7-17-5-9-20(10-6-17)30(31,32)33)27-28-13-14-34(2)23(29(19,28)38)15-18-8-11-22(36)26(39-27)25(18)28/h5-6,8-11,19,21,23,27,36,38H,4,13-16H2,1-3H3/t19-,21+,23+,27-,28-,29+/m0/s1. The summed E-state index contributed by atoms with van der Waals surface area (Å²) >= 11 is 0. The van der Waals surface area contributed by atoms with Gasteiger partial charge in [-0.25, -0.2) is 0 Å². The molecule has 2 heterocycles. The number of aliphatic hydroxyl groups is 1. The maximum atomic E-state index is 13.3. The van der Waals surface area contributed by atoms with Crippen molar-refractivity contribution in [2.75, 3.05) is 20.6 Å². The van der Waals surface area contributed by atoms with Crippen molar-refractivity contribution in [1.29, 1.82) is 0 Å². The minimum atomic E-state index is -4.45. The van der Waals surface area contributed by atoms with Gasteiger partial charge in [-0.05, 0) is 74.7 Å². The molecule has 2 fully saturated rings. The first kappa shape index (κ1) is 26.0. The van der Waals surface area contributed by atoms with Crippen LogP contribution in [0.2, 0.25) is 0 Å². The molecule has 2 aromatic carbocycles. The van der Waals surface area contributed by atoms with E-state index in [2.05, 4.69) is 16.7 Å². The highest BCUT2D eigenvalue weighted by Gasteiger charge is 2.75. The second-order valence-electron chi connectivity index (χ2n) is 11.4. The molecule has 6 rings (SSSR count). The van der Waals surface area contributed by atoms with Crippen LogP contribution in [-0.4, -0.2) is 70.3 Å². The number of halogens is 3. The number of carbonyl (C=O) groups excluding carboxylic acids is 1. The summed E-state index contributed by atoms with van der Waals surface area (Å²) in [5.41, 5.74) is -0.432. The Hall–Kier alpha value is -3.22. The van der Waals surface area contributed by atoms with E-state index in [9.17, 15) is 28.2 Å². The van der Waals surface area contributed by atoms with Crippen molar-refractivity contribution in [1.82, 2.24) is 9.80 Å². The summed E-state index contributed by atoms with van der Waals surface area (Å²) in [7, 11) is 3.70. The number of rotatable bonds is 2. The molecule has 0 unspecified atom stereocenters. The molecule has 6 nitrogen and oxygen atoms in total. The fourth-order valence-corrected chi connectivity index (χ4v) is 7.90. The topological polar surface area (TPSA) is 73.2 Å². The molecule has 206 valence electrons. The molecule has 6 atom stereocenters. The van der Waals surface area contributed by atoms with E-state index in [0.717, 1.165) is 29.8 Å². The van der Waals surface area contributed by atoms with Gasteiger partial charge in [0.05, 0.1) is 22.6 Å². The van der Waals surface area contributed by atoms with Crippen molar-refractivity contribution in [3.63, 3.8) is 0 Å². The summed E-state index contributed by atoms with van der Waals surface area (Å²) in [5.74, 6) is 5.09. The fraction of sp³-hybridized carbons (Fsp3) is 0.500. The Morgan fingerprint density at radius 1 is 1.23 bits per heavy atom. The van der Waals surface area contributed by atoms with Gasteiger partial charge in [0.25, 0.3) is 5.91 Å². The number of alkyl halides is 3. The number of piperidine rings is 1. The van der Waals surface area contributed by atoms with Crippen molar-refractivity contribution < 1.29 is 32.9 Å². The average Bonchev–Trinajstić information content (AvgIpc) is 3.26. The predicted octanol–water partition coefficient (Wildman–Crippen LogP) is 3.71. The number of amides is 1. The first-order chi connectivity index (χ1) is 18.4. The Morgan fingerprint density at radius 3 is 2.62 bits per heavy atom. The molecule has 2 aliphatic carbocycles. The van der Waals surface area contributed by atoms with Crippen molar-refractivity contribution in [2.24, 2.45) is 5.92 Å². The number of likely N-dealkylation sites (N-methyl/N-ethyl adjacent to an activating group) is 2. The van der Waals surface area contributed by atoms with Gasteiger partial charge in [0, 0.05) is 30.1 Å². The highest BCUT2D eigenvalue weighted by molar-refractivity contribution is 5.94. The van der Waals surface area contributed by atoms with Crippen molar-refractivity contribution in [3.8, 4) is 23.3 Å². The monoisotopic (exact) mass is 540 g/mol. The fourth-order valence-electron chi connectivity index (χ4n) is 7.90. The molecule has 0 radical (unpaired) electrons. The lowest BCUT2D eigenvalue weighted by molar-refractivity contribution is -0.224. The normalized spacial score (nSPS) is 32.5. The minimum Gasteiger partial charge on any atom is -0.504 e. The van der Waals surface area contributed by atoms with Crippen LogP contribution in [0.3, 0.4) is 0 Å². The van der Waals surface area contributed by atoms with Crippen LogP contribution in [0.15, 0.2) is 36.4 Å². The third-order valence-corrected chi connectivity index (χ3v) is 9.76. The number of phenolic OH excluding ortho intramolecular Hbond substituents is 1. The summed E-state index contributed by atoms with van der Waals surface area (Å²) in [5, 5.41) is 23.5. The summed E-state index contributed by atoms with van der Waals surface area (Å²) in [6.07, 6.45) is -2.55. The maximum absolute atomic E-state index is 13.3. The Kier molecular flexibility index (Phi) is 5.76. The van der Waals surface area contributed by atoms with Gasteiger partial charge in [0.2, 0.25) is 0 Å². The van der Waals surface area contributed by atoms with Gasteiger partial charge in [0.1, 0.15) is 6.10 Å². The van der Waals surface area contributed by atoms with E-state index < -0.39 is 40.8 Å². The van der Waals surface area contributed by atoms with Crippen LogP contribution < -0.4 is 4.74 Å². The zero-order valence-corrected chi connectivity index (χ0v) is 22.0. The lowest BCUT2D eigenvalue weighted by atomic mass is 9.45. The van der Waals surface area contributed by atoms with E-state index in [4.69, 9.17) is 4.74 Å². The Bertz CT molecular complexity index is 1400. The number of nitrogens with zero attached hydrogens (tertiary/aromatic N) is 2. The molecular weight excluding hydrogens is 509 g/mol. The second kappa shape index (κ2) is 8.64. The van der Waals surface area contributed by atoms with Crippen molar-refractivity contribution >= 4 is 5.91 Å². The Balaban J connectivity index is 1.38. The highest BCUT2D eigenvalue weighted by Crippen LogP contribution is 2.67. The van der Waals surface area contributed by atoms with Crippen LogP contribution in [0.5, 0.6) is 11.5 Å². The lowest BCUT2D eigenvalue weighted by Gasteiger charge is -2.66. The number of ether oxygens (including phenoxy) is 1. The van der Waals surface area contributed by atoms with Gasteiger partial charge in [-0.2, -0.15) is 13.2 Å². The van der Waals surface area contributed by atoms with Crippen LogP contribution in [-0.2, 0) is 22.8 Å². The van der Waals surface area contributed by atoms with Gasteiger partial charge in [-0.15, -0.1) is 0 Å². The largest absolute Gasteiger partial charge is 0.504 e. The summed E-state index contributed by atoms with van der Waals surface area (Å²) in [4.78, 5) is 17.1. The summed E-state index contributed by atoms with van der Waals surface area (Å²) in [6.45, 7) is 2.79. The number of phenols is 1. The van der Waals surface area contributed by atoms with Gasteiger partial charge < -0.3 is 24.7 Å². The molecular formula is C30H31F3N2O4. The van der Waals surface area contributed by atoms with Crippen molar-refractivity contribution in [3.05, 3.63) is 58.7 Å². The van der Waals surface area contributed by atoms with Crippen LogP contribution >= 0.6 is 0 Å². The molecule has 1 saturated carbocycles. The number of hydrogen-bond acceptors (Lipinski definition) is 5. The number of aromatic hydroxyl groups is 1. The van der Waals surface area contributed by atoms with E-state index in [1.165, 1.54) is 12.1 Å². The van der Waals surface area contributed by atoms with Crippen LogP contribution in [0.4, 0.5) is 13.2 Å². The van der Waals surface area contributed by atoms with Crippen molar-refractivity contribution in [2.45, 2.75) is 68.0 Å². The van der Waals surface area contributed by atoms with Crippen LogP contribution in [0, 0.1) is 17.8 Å². The molecule has 2 aliphatic heterocycles. The molecule has 2 bridgehead atoms. The van der Waals surface area contributed by atoms with E-state index in [1.54, 1.807) is 18.0 Å². The number of carbonyl (C=O) groups is 1. The van der Waals surface area contributed by atoms with Gasteiger partial charge >= 0.3 is 6.18 Å². The zero-order chi connectivity index (χ0) is 27.9. The molecule has 1 spiro atoms. The first-order valence-electron chi connectivity index (χ1n) is 13.3. The van der Waals surface area contributed by atoms with Gasteiger partial charge in [-0.3, -0.25) is 4.79 Å². The quantitative estimate of drug-likeness (QED) is 0.569. The molecule has 1 amide bonds. The second-order valence-corrected chi connectivity index (χ2v) is 11.4. The Labute approximate surface area is 225 Å². The number of likely N-dealkylation sites (tertiary alicyclic amines) is 1. The summed E-state index contributed by atoms with van der Waals surface area (Å²) < 4.78 is 45.2. The van der Waals surface area contributed by atoms with Crippen LogP contribution in [0.25, 0.3) is 0 Å². The first-order valence-corrected chi connectivity index (χ1v) is 13.3. The zero-order valence-electron chi connectivity index (χ0n) is 22.0. The van der Waals surface area contributed by atoms with Gasteiger partial charge in [0.15, 0.2) is 11.5 Å². The smallest absolute Gasteiger partial charge is 0.416 e. The Morgan fingerprint density at radius 2 is 1.95 bits per heavy atom. The van der Waals surface area contributed by atoms with E-state index in [-0.39, 0.29) is 17.7 Å². The van der Waals surface area contributed by atoms with Crippen LogP contribution in [0.1, 0.15) is 48.4 Å². The highest BCUT2D eigenvalue weighted by atomic mass is 19.4. The molecule has 2 aromatic rings. The van der Waals surface area contributed by atoms with Gasteiger partial charge in [-0.1, -0.05) is 25.3 Å².